The van der Waals surface area contributed by atoms with Gasteiger partial charge in [-0.1, -0.05) is 18.6 Å². The molecule has 0 aliphatic heterocycles. The number of rotatable bonds is 3. The van der Waals surface area contributed by atoms with Gasteiger partial charge in [-0.05, 0) is 24.8 Å². The highest BCUT2D eigenvalue weighted by atomic mass is 35.5. The van der Waals surface area contributed by atoms with Crippen molar-refractivity contribution in [3.63, 3.8) is 0 Å². The number of halogens is 1. The molecule has 0 saturated heterocycles. The molecule has 0 bridgehead atoms. The predicted octanol–water partition coefficient (Wildman–Crippen LogP) is 2.44. The summed E-state index contributed by atoms with van der Waals surface area (Å²) in [5.41, 5.74) is 7.65. The van der Waals surface area contributed by atoms with Crippen molar-refractivity contribution in [2.24, 2.45) is 11.7 Å². The first-order valence-electron chi connectivity index (χ1n) is 6.71. The lowest BCUT2D eigenvalue weighted by atomic mass is 10.00. The highest BCUT2D eigenvalue weighted by Gasteiger charge is 2.26. The van der Waals surface area contributed by atoms with E-state index in [1.807, 2.05) is 18.2 Å². The van der Waals surface area contributed by atoms with Gasteiger partial charge in [0.15, 0.2) is 0 Å². The summed E-state index contributed by atoms with van der Waals surface area (Å²) in [6.07, 6.45) is 5.48. The smallest absolute Gasteiger partial charge is 0.224 e. The summed E-state index contributed by atoms with van der Waals surface area (Å²) < 4.78 is 0. The average molecular weight is 295 g/mol. The SMILES string of the molecule is Cl.N[C@@H]1CCC[C@H]1CC(=O)Nc1cccc2cn[nH]c12. The fourth-order valence-corrected chi connectivity index (χ4v) is 2.83. The van der Waals surface area contributed by atoms with Crippen molar-refractivity contribution in [1.29, 1.82) is 0 Å². The van der Waals surface area contributed by atoms with E-state index in [9.17, 15) is 4.79 Å². The highest BCUT2D eigenvalue weighted by Crippen LogP contribution is 2.27. The van der Waals surface area contributed by atoms with Crippen LogP contribution in [-0.4, -0.2) is 22.1 Å². The van der Waals surface area contributed by atoms with E-state index in [2.05, 4.69) is 15.5 Å². The summed E-state index contributed by atoms with van der Waals surface area (Å²) in [5, 5.41) is 10.8. The summed E-state index contributed by atoms with van der Waals surface area (Å²) in [7, 11) is 0. The first kappa shape index (κ1) is 14.8. The number of H-pyrrole nitrogens is 1. The molecule has 4 N–H and O–H groups in total. The predicted molar refractivity (Wildman–Crippen MR) is 81.9 cm³/mol. The molecule has 1 saturated carbocycles. The summed E-state index contributed by atoms with van der Waals surface area (Å²) in [6.45, 7) is 0. The van der Waals surface area contributed by atoms with Crippen molar-refractivity contribution in [1.82, 2.24) is 10.2 Å². The molecule has 1 aromatic carbocycles. The van der Waals surface area contributed by atoms with E-state index in [0.717, 1.165) is 35.9 Å². The number of aromatic amines is 1. The number of nitrogens with two attached hydrogens (primary N) is 1. The standard InChI is InChI=1S/C14H18N4O.ClH/c15-11-5-1-3-9(11)7-13(19)17-12-6-2-4-10-8-16-18-14(10)12;/h2,4,6,8-9,11H,1,3,5,7,15H2,(H,16,18)(H,17,19);1H/t9-,11+;/m0./s1. The van der Waals surface area contributed by atoms with E-state index >= 15 is 0 Å². The van der Waals surface area contributed by atoms with Gasteiger partial charge in [0.25, 0.3) is 0 Å². The highest BCUT2D eigenvalue weighted by molar-refractivity contribution is 6.00. The molecular weight excluding hydrogens is 276 g/mol. The minimum absolute atomic E-state index is 0. The average Bonchev–Trinajstić information content (AvgIpc) is 3.00. The van der Waals surface area contributed by atoms with E-state index in [1.165, 1.54) is 0 Å². The van der Waals surface area contributed by atoms with Gasteiger partial charge in [-0.3, -0.25) is 9.89 Å². The fraction of sp³-hybridized carbons (Fsp3) is 0.429. The van der Waals surface area contributed by atoms with Crippen molar-refractivity contribution < 1.29 is 4.79 Å². The van der Waals surface area contributed by atoms with Gasteiger partial charge in [0.05, 0.1) is 17.4 Å². The number of para-hydroxylation sites is 1. The number of hydrogen-bond acceptors (Lipinski definition) is 3. The number of carbonyl (C=O) groups is 1. The summed E-state index contributed by atoms with van der Waals surface area (Å²) in [6, 6.07) is 5.93. The minimum Gasteiger partial charge on any atom is -0.327 e. The Hall–Kier alpha value is -1.59. The van der Waals surface area contributed by atoms with Crippen LogP contribution in [0.15, 0.2) is 24.4 Å². The Morgan fingerprint density at radius 1 is 1.45 bits per heavy atom. The van der Waals surface area contributed by atoms with Crippen LogP contribution in [0.5, 0.6) is 0 Å². The zero-order chi connectivity index (χ0) is 13.2. The number of carbonyl (C=O) groups excluding carboxylic acids is 1. The molecule has 1 fully saturated rings. The molecule has 1 amide bonds. The molecule has 1 aliphatic carbocycles. The van der Waals surface area contributed by atoms with Crippen molar-refractivity contribution in [3.8, 4) is 0 Å². The molecule has 6 heteroatoms. The number of anilines is 1. The topological polar surface area (TPSA) is 83.8 Å². The minimum atomic E-state index is 0. The molecule has 5 nitrogen and oxygen atoms in total. The monoisotopic (exact) mass is 294 g/mol. The third kappa shape index (κ3) is 2.94. The number of hydrogen-bond donors (Lipinski definition) is 3. The molecule has 3 rings (SSSR count). The molecule has 0 unspecified atom stereocenters. The third-order valence-corrected chi connectivity index (χ3v) is 3.92. The second kappa shape index (κ2) is 6.24. The summed E-state index contributed by atoms with van der Waals surface area (Å²) in [4.78, 5) is 12.1. The Balaban J connectivity index is 0.00000147. The van der Waals surface area contributed by atoms with Gasteiger partial charge >= 0.3 is 0 Å². The largest absolute Gasteiger partial charge is 0.327 e. The summed E-state index contributed by atoms with van der Waals surface area (Å²) >= 11 is 0. The third-order valence-electron chi connectivity index (χ3n) is 3.92. The van der Waals surface area contributed by atoms with Crippen LogP contribution in [0, 0.1) is 5.92 Å². The molecule has 2 aromatic rings. The number of aromatic nitrogens is 2. The molecule has 20 heavy (non-hydrogen) atoms. The van der Waals surface area contributed by atoms with Gasteiger partial charge in [0, 0.05) is 17.8 Å². The van der Waals surface area contributed by atoms with Crippen LogP contribution >= 0.6 is 12.4 Å². The normalized spacial score (nSPS) is 21.6. The Morgan fingerprint density at radius 3 is 3.05 bits per heavy atom. The van der Waals surface area contributed by atoms with Crippen molar-refractivity contribution in [3.05, 3.63) is 24.4 Å². The van der Waals surface area contributed by atoms with Gasteiger partial charge in [0.1, 0.15) is 0 Å². The lowest BCUT2D eigenvalue weighted by Gasteiger charge is -2.14. The number of nitrogens with zero attached hydrogens (tertiary/aromatic N) is 1. The number of fused-ring (bicyclic) bond motifs is 1. The summed E-state index contributed by atoms with van der Waals surface area (Å²) in [5.74, 6) is 0.352. The van der Waals surface area contributed by atoms with E-state index < -0.39 is 0 Å². The second-order valence-electron chi connectivity index (χ2n) is 5.25. The van der Waals surface area contributed by atoms with Crippen molar-refractivity contribution >= 4 is 34.9 Å². The lowest BCUT2D eigenvalue weighted by molar-refractivity contribution is -0.117. The van der Waals surface area contributed by atoms with Crippen LogP contribution in [0.4, 0.5) is 5.69 Å². The Bertz CT molecular complexity index is 598. The maximum absolute atomic E-state index is 12.1. The van der Waals surface area contributed by atoms with Crippen LogP contribution in [0.3, 0.4) is 0 Å². The lowest BCUT2D eigenvalue weighted by Crippen LogP contribution is -2.28. The molecular formula is C14H19ClN4O. The molecule has 108 valence electrons. The Labute approximate surface area is 123 Å². The first-order valence-corrected chi connectivity index (χ1v) is 6.71. The van der Waals surface area contributed by atoms with Crippen molar-refractivity contribution in [2.75, 3.05) is 5.32 Å². The van der Waals surface area contributed by atoms with Crippen molar-refractivity contribution in [2.45, 2.75) is 31.7 Å². The van der Waals surface area contributed by atoms with Gasteiger partial charge in [0.2, 0.25) is 5.91 Å². The maximum Gasteiger partial charge on any atom is 0.224 e. The Morgan fingerprint density at radius 2 is 2.30 bits per heavy atom. The number of amides is 1. The van der Waals surface area contributed by atoms with Gasteiger partial charge in [-0.25, -0.2) is 0 Å². The zero-order valence-electron chi connectivity index (χ0n) is 11.1. The van der Waals surface area contributed by atoms with Crippen LogP contribution in [0.2, 0.25) is 0 Å². The van der Waals surface area contributed by atoms with Crippen LogP contribution in [0.25, 0.3) is 10.9 Å². The first-order chi connectivity index (χ1) is 9.24. The second-order valence-corrected chi connectivity index (χ2v) is 5.25. The van der Waals surface area contributed by atoms with Gasteiger partial charge < -0.3 is 11.1 Å². The van der Waals surface area contributed by atoms with Crippen LogP contribution in [0.1, 0.15) is 25.7 Å². The zero-order valence-corrected chi connectivity index (χ0v) is 12.0. The van der Waals surface area contributed by atoms with Crippen LogP contribution in [-0.2, 0) is 4.79 Å². The number of benzene rings is 1. The molecule has 1 aromatic heterocycles. The van der Waals surface area contributed by atoms with Crippen LogP contribution < -0.4 is 11.1 Å². The molecule has 1 aliphatic rings. The van der Waals surface area contributed by atoms with E-state index in [1.54, 1.807) is 6.20 Å². The Kier molecular flexibility index (Phi) is 4.62. The number of nitrogens with one attached hydrogen (secondary N) is 2. The molecule has 0 spiro atoms. The fourth-order valence-electron chi connectivity index (χ4n) is 2.83. The van der Waals surface area contributed by atoms with E-state index in [4.69, 9.17) is 5.73 Å². The van der Waals surface area contributed by atoms with Gasteiger partial charge in [-0.2, -0.15) is 5.10 Å². The van der Waals surface area contributed by atoms with E-state index in [-0.39, 0.29) is 24.4 Å². The maximum atomic E-state index is 12.1. The molecule has 2 atom stereocenters. The van der Waals surface area contributed by atoms with E-state index in [0.29, 0.717) is 12.3 Å². The van der Waals surface area contributed by atoms with Gasteiger partial charge in [-0.15, -0.1) is 12.4 Å². The molecule has 0 radical (unpaired) electrons. The molecule has 1 heterocycles. The quantitative estimate of drug-likeness (QED) is 0.813.